The quantitative estimate of drug-likeness (QED) is 0.847. The van der Waals surface area contributed by atoms with Gasteiger partial charge >= 0.3 is 0 Å². The highest BCUT2D eigenvalue weighted by molar-refractivity contribution is 6.28. The van der Waals surface area contributed by atoms with Crippen LogP contribution in [-0.2, 0) is 0 Å². The Morgan fingerprint density at radius 3 is 2.74 bits per heavy atom. The van der Waals surface area contributed by atoms with Crippen molar-refractivity contribution in [2.24, 2.45) is 0 Å². The van der Waals surface area contributed by atoms with E-state index in [1.807, 2.05) is 7.05 Å². The van der Waals surface area contributed by atoms with Gasteiger partial charge in [-0.05, 0) is 24.4 Å². The van der Waals surface area contributed by atoms with Crippen LogP contribution in [0, 0.1) is 0 Å². The molecule has 1 saturated carbocycles. The van der Waals surface area contributed by atoms with Gasteiger partial charge in [0.1, 0.15) is 12.7 Å². The molecule has 0 unspecified atom stereocenters. The van der Waals surface area contributed by atoms with E-state index in [0.717, 1.165) is 0 Å². The molecule has 0 N–H and O–H groups in total. The first-order valence-electron chi connectivity index (χ1n) is 6.23. The minimum atomic E-state index is 0.167. The maximum Gasteiger partial charge on any atom is 0.258 e. The Bertz CT molecular complexity index is 550. The standard InChI is InChI=1S/C11H14ClN7/c1-18(8-4-2-3-5-8)10-15-9(12)16-11(17-10)19-7-13-6-14-19/h6-8H,2-5H2,1H3. The van der Waals surface area contributed by atoms with Gasteiger partial charge < -0.3 is 4.90 Å². The predicted octanol–water partition coefficient (Wildman–Crippen LogP) is 1.48. The van der Waals surface area contributed by atoms with E-state index in [-0.39, 0.29) is 5.28 Å². The first-order valence-corrected chi connectivity index (χ1v) is 6.61. The van der Waals surface area contributed by atoms with Crippen LogP contribution in [0.2, 0.25) is 5.28 Å². The maximum atomic E-state index is 5.97. The molecule has 8 heteroatoms. The molecule has 19 heavy (non-hydrogen) atoms. The number of halogens is 1. The highest BCUT2D eigenvalue weighted by atomic mass is 35.5. The fourth-order valence-corrected chi connectivity index (χ4v) is 2.51. The third-order valence-corrected chi connectivity index (χ3v) is 3.57. The zero-order valence-corrected chi connectivity index (χ0v) is 11.3. The monoisotopic (exact) mass is 279 g/mol. The van der Waals surface area contributed by atoms with Crippen molar-refractivity contribution in [2.75, 3.05) is 11.9 Å². The number of rotatable bonds is 3. The van der Waals surface area contributed by atoms with Crippen molar-refractivity contribution in [3.05, 3.63) is 17.9 Å². The molecule has 7 nitrogen and oxygen atoms in total. The van der Waals surface area contributed by atoms with Gasteiger partial charge in [0, 0.05) is 13.1 Å². The Hall–Kier alpha value is -1.76. The van der Waals surface area contributed by atoms with Crippen LogP contribution in [0.5, 0.6) is 0 Å². The van der Waals surface area contributed by atoms with Crippen molar-refractivity contribution in [2.45, 2.75) is 31.7 Å². The molecule has 0 aliphatic heterocycles. The van der Waals surface area contributed by atoms with Crippen LogP contribution in [0.25, 0.3) is 5.95 Å². The lowest BCUT2D eigenvalue weighted by molar-refractivity contribution is 0.633. The molecule has 2 heterocycles. The van der Waals surface area contributed by atoms with Gasteiger partial charge in [-0.25, -0.2) is 4.98 Å². The molecular formula is C11H14ClN7. The Morgan fingerprint density at radius 1 is 1.26 bits per heavy atom. The lowest BCUT2D eigenvalue weighted by Gasteiger charge is -2.24. The van der Waals surface area contributed by atoms with Crippen LogP contribution in [-0.4, -0.2) is 42.8 Å². The van der Waals surface area contributed by atoms with Gasteiger partial charge in [-0.2, -0.15) is 24.7 Å². The molecule has 0 amide bonds. The van der Waals surface area contributed by atoms with Crippen LogP contribution in [0.15, 0.2) is 12.7 Å². The van der Waals surface area contributed by atoms with E-state index < -0.39 is 0 Å². The second-order valence-electron chi connectivity index (χ2n) is 4.59. The van der Waals surface area contributed by atoms with Gasteiger partial charge in [-0.15, -0.1) is 0 Å². The summed E-state index contributed by atoms with van der Waals surface area (Å²) in [4.78, 5) is 18.6. The third kappa shape index (κ3) is 2.51. The summed E-state index contributed by atoms with van der Waals surface area (Å²) in [6.45, 7) is 0. The van der Waals surface area contributed by atoms with E-state index in [9.17, 15) is 0 Å². The SMILES string of the molecule is CN(c1nc(Cl)nc(-n2cncn2)n1)C1CCCC1. The molecule has 2 aromatic heterocycles. The summed E-state index contributed by atoms with van der Waals surface area (Å²) in [5.74, 6) is 0.967. The van der Waals surface area contributed by atoms with Crippen molar-refractivity contribution in [3.63, 3.8) is 0 Å². The van der Waals surface area contributed by atoms with Crippen LogP contribution < -0.4 is 4.90 Å². The molecule has 1 aliphatic rings. The van der Waals surface area contributed by atoms with E-state index in [1.54, 1.807) is 0 Å². The minimum Gasteiger partial charge on any atom is -0.341 e. The lowest BCUT2D eigenvalue weighted by Crippen LogP contribution is -2.31. The Morgan fingerprint density at radius 2 is 2.05 bits per heavy atom. The molecule has 0 aromatic carbocycles. The fraction of sp³-hybridized carbons (Fsp3) is 0.545. The topological polar surface area (TPSA) is 72.6 Å². The Labute approximate surface area is 115 Å². The van der Waals surface area contributed by atoms with E-state index in [1.165, 1.54) is 43.0 Å². The molecule has 0 atom stereocenters. The molecule has 3 rings (SSSR count). The van der Waals surface area contributed by atoms with Crippen LogP contribution >= 0.6 is 11.6 Å². The van der Waals surface area contributed by atoms with Crippen molar-refractivity contribution >= 4 is 17.5 Å². The second kappa shape index (κ2) is 5.08. The van der Waals surface area contributed by atoms with Crippen LogP contribution in [0.3, 0.4) is 0 Å². The summed E-state index contributed by atoms with van der Waals surface area (Å²) in [6, 6.07) is 0.474. The average Bonchev–Trinajstić information content (AvgIpc) is 3.10. The molecule has 0 spiro atoms. The maximum absolute atomic E-state index is 5.97. The molecule has 0 radical (unpaired) electrons. The van der Waals surface area contributed by atoms with Gasteiger partial charge in [0.2, 0.25) is 11.2 Å². The van der Waals surface area contributed by atoms with Crippen molar-refractivity contribution in [3.8, 4) is 5.95 Å². The Balaban J connectivity index is 1.93. The first kappa shape index (κ1) is 12.3. The predicted molar refractivity (Wildman–Crippen MR) is 70.4 cm³/mol. The molecule has 0 bridgehead atoms. The molecular weight excluding hydrogens is 266 g/mol. The number of aromatic nitrogens is 6. The van der Waals surface area contributed by atoms with E-state index in [2.05, 4.69) is 29.9 Å². The molecule has 1 fully saturated rings. The second-order valence-corrected chi connectivity index (χ2v) is 4.93. The largest absolute Gasteiger partial charge is 0.341 e. The van der Waals surface area contributed by atoms with E-state index in [4.69, 9.17) is 11.6 Å². The normalized spacial score (nSPS) is 15.9. The summed E-state index contributed by atoms with van der Waals surface area (Å²) >= 11 is 5.97. The van der Waals surface area contributed by atoms with E-state index >= 15 is 0 Å². The number of anilines is 1. The summed E-state index contributed by atoms with van der Waals surface area (Å²) in [5, 5.41) is 4.17. The zero-order chi connectivity index (χ0) is 13.2. The zero-order valence-electron chi connectivity index (χ0n) is 10.6. The van der Waals surface area contributed by atoms with Gasteiger partial charge in [0.05, 0.1) is 0 Å². The first-order chi connectivity index (χ1) is 9.24. The number of hydrogen-bond acceptors (Lipinski definition) is 6. The summed E-state index contributed by atoms with van der Waals surface area (Å²) in [6.07, 6.45) is 7.80. The molecule has 100 valence electrons. The lowest BCUT2D eigenvalue weighted by atomic mass is 10.2. The van der Waals surface area contributed by atoms with Crippen molar-refractivity contribution in [1.29, 1.82) is 0 Å². The summed E-state index contributed by atoms with van der Waals surface area (Å²) in [7, 11) is 1.99. The summed E-state index contributed by atoms with van der Waals surface area (Å²) in [5.41, 5.74) is 0. The fourth-order valence-electron chi connectivity index (χ4n) is 2.36. The smallest absolute Gasteiger partial charge is 0.258 e. The van der Waals surface area contributed by atoms with Crippen LogP contribution in [0.1, 0.15) is 25.7 Å². The molecule has 2 aromatic rings. The highest BCUT2D eigenvalue weighted by Gasteiger charge is 2.22. The van der Waals surface area contributed by atoms with Gasteiger partial charge in [0.15, 0.2) is 0 Å². The number of nitrogens with zero attached hydrogens (tertiary/aromatic N) is 7. The third-order valence-electron chi connectivity index (χ3n) is 3.40. The average molecular weight is 280 g/mol. The van der Waals surface area contributed by atoms with E-state index in [0.29, 0.717) is 17.9 Å². The van der Waals surface area contributed by atoms with Crippen LogP contribution in [0.4, 0.5) is 5.95 Å². The molecule has 1 aliphatic carbocycles. The molecule has 0 saturated heterocycles. The Kier molecular flexibility index (Phi) is 3.29. The number of hydrogen-bond donors (Lipinski definition) is 0. The van der Waals surface area contributed by atoms with Gasteiger partial charge in [0.25, 0.3) is 5.95 Å². The summed E-state index contributed by atoms with van der Waals surface area (Å²) < 4.78 is 1.47. The van der Waals surface area contributed by atoms with Crippen molar-refractivity contribution < 1.29 is 0 Å². The highest BCUT2D eigenvalue weighted by Crippen LogP contribution is 2.25. The minimum absolute atomic E-state index is 0.167. The van der Waals surface area contributed by atoms with Crippen molar-refractivity contribution in [1.82, 2.24) is 29.7 Å². The van der Waals surface area contributed by atoms with Gasteiger partial charge in [-0.3, -0.25) is 0 Å². The van der Waals surface area contributed by atoms with Gasteiger partial charge in [-0.1, -0.05) is 12.8 Å².